The first-order chi connectivity index (χ1) is 25.1. The van der Waals surface area contributed by atoms with E-state index in [1.807, 2.05) is 36.4 Å². The van der Waals surface area contributed by atoms with Crippen molar-refractivity contribution in [1.29, 1.82) is 0 Å². The number of carbonyl (C=O) groups excluding carboxylic acids is 2. The Kier molecular flexibility index (Phi) is 12.2. The van der Waals surface area contributed by atoms with Crippen LogP contribution in [0, 0.1) is 11.8 Å². The van der Waals surface area contributed by atoms with E-state index < -0.39 is 0 Å². The summed E-state index contributed by atoms with van der Waals surface area (Å²) in [6.45, 7) is 0.955. The molecule has 0 bridgehead atoms. The molecular weight excluding hydrogens is 703 g/mol. The summed E-state index contributed by atoms with van der Waals surface area (Å²) in [4.78, 5) is 41.6. The van der Waals surface area contributed by atoms with Crippen LogP contribution >= 0.6 is 23.2 Å². The summed E-state index contributed by atoms with van der Waals surface area (Å²) in [6.07, 6.45) is 9.91. The number of benzene rings is 2. The van der Waals surface area contributed by atoms with Gasteiger partial charge in [-0.2, -0.15) is 0 Å². The van der Waals surface area contributed by atoms with E-state index >= 15 is 0 Å². The Bertz CT molecular complexity index is 1790. The van der Waals surface area contributed by atoms with Crippen molar-refractivity contribution in [3.63, 3.8) is 0 Å². The predicted octanol–water partition coefficient (Wildman–Crippen LogP) is 5.86. The molecule has 6 rings (SSSR count). The van der Waals surface area contributed by atoms with Crippen LogP contribution in [0.5, 0.6) is 11.8 Å². The number of hydrogen-bond acceptors (Lipinski definition) is 10. The summed E-state index contributed by atoms with van der Waals surface area (Å²) in [5, 5.41) is 7.98. The third-order valence-electron chi connectivity index (χ3n) is 10.0. The van der Waals surface area contributed by atoms with Crippen molar-refractivity contribution in [3.05, 3.63) is 70.2 Å². The van der Waals surface area contributed by atoms with Crippen molar-refractivity contribution >= 4 is 35.0 Å². The fourth-order valence-electron chi connectivity index (χ4n) is 7.44. The summed E-state index contributed by atoms with van der Waals surface area (Å²) >= 11 is 14.2. The highest BCUT2D eigenvalue weighted by atomic mass is 35.5. The fraction of sp³-hybridized carbons (Fsp3) is 0.421. The van der Waals surface area contributed by atoms with Gasteiger partial charge in [-0.15, -0.1) is 0 Å². The third kappa shape index (κ3) is 8.80. The van der Waals surface area contributed by atoms with Crippen LogP contribution in [0.2, 0.25) is 10.0 Å². The maximum atomic E-state index is 11.3. The minimum atomic E-state index is -0.255. The Morgan fingerprint density at radius 2 is 1.10 bits per heavy atom. The lowest BCUT2D eigenvalue weighted by atomic mass is 9.98. The van der Waals surface area contributed by atoms with Crippen molar-refractivity contribution in [2.75, 3.05) is 14.2 Å². The monoisotopic (exact) mass is 746 g/mol. The van der Waals surface area contributed by atoms with Crippen molar-refractivity contribution in [2.24, 2.45) is 23.3 Å². The number of halogens is 2. The van der Waals surface area contributed by atoms with Crippen LogP contribution in [0.1, 0.15) is 62.8 Å². The highest BCUT2D eigenvalue weighted by molar-refractivity contribution is 6.39. The van der Waals surface area contributed by atoms with E-state index in [1.54, 1.807) is 26.6 Å². The predicted molar refractivity (Wildman–Crippen MR) is 201 cm³/mol. The largest absolute Gasteiger partial charge is 0.480 e. The van der Waals surface area contributed by atoms with E-state index in [0.29, 0.717) is 93.5 Å². The molecule has 2 aliphatic rings. The smallest absolute Gasteiger partial charge is 0.237 e. The van der Waals surface area contributed by atoms with Gasteiger partial charge in [0, 0.05) is 60.3 Å². The second-order valence-corrected chi connectivity index (χ2v) is 14.4. The quantitative estimate of drug-likeness (QED) is 0.115. The average molecular weight is 748 g/mol. The summed E-state index contributed by atoms with van der Waals surface area (Å²) in [5.74, 6) is 0.917. The lowest BCUT2D eigenvalue weighted by Gasteiger charge is -2.16. The average Bonchev–Trinajstić information content (AvgIpc) is 3.78. The number of rotatable bonds is 15. The maximum absolute atomic E-state index is 11.3. The normalized spacial score (nSPS) is 19.8. The van der Waals surface area contributed by atoms with Crippen LogP contribution in [-0.4, -0.2) is 58.1 Å². The number of nitrogens with two attached hydrogens (primary N) is 2. The van der Waals surface area contributed by atoms with E-state index in [1.165, 1.54) is 0 Å². The molecule has 0 saturated heterocycles. The first-order valence-electron chi connectivity index (χ1n) is 17.5. The Balaban J connectivity index is 1.18. The van der Waals surface area contributed by atoms with E-state index in [4.69, 9.17) is 54.1 Å². The van der Waals surface area contributed by atoms with Crippen molar-refractivity contribution in [1.82, 2.24) is 30.6 Å². The number of ether oxygens (including phenoxy) is 2. The van der Waals surface area contributed by atoms with Gasteiger partial charge >= 0.3 is 0 Å². The zero-order valence-corrected chi connectivity index (χ0v) is 30.8. The molecule has 0 unspecified atom stereocenters. The summed E-state index contributed by atoms with van der Waals surface area (Å²) < 4.78 is 11.3. The van der Waals surface area contributed by atoms with Gasteiger partial charge in [0.1, 0.15) is 11.4 Å². The van der Waals surface area contributed by atoms with Crippen LogP contribution in [0.4, 0.5) is 0 Å². The summed E-state index contributed by atoms with van der Waals surface area (Å²) in [7, 11) is 3.14. The highest BCUT2D eigenvalue weighted by Crippen LogP contribution is 2.42. The molecule has 4 atom stereocenters. The van der Waals surface area contributed by atoms with Crippen LogP contribution in [0.15, 0.2) is 48.8 Å². The fourth-order valence-corrected chi connectivity index (χ4v) is 8.09. The molecule has 52 heavy (non-hydrogen) atoms. The molecule has 14 heteroatoms. The van der Waals surface area contributed by atoms with E-state index in [2.05, 4.69) is 20.6 Å². The molecule has 2 heterocycles. The second kappa shape index (κ2) is 17.0. The zero-order valence-electron chi connectivity index (χ0n) is 29.3. The second-order valence-electron chi connectivity index (χ2n) is 13.6. The van der Waals surface area contributed by atoms with Gasteiger partial charge in [0.15, 0.2) is 0 Å². The molecule has 0 aliphatic heterocycles. The zero-order chi connectivity index (χ0) is 36.8. The molecule has 12 nitrogen and oxygen atoms in total. The Labute approximate surface area is 313 Å². The van der Waals surface area contributed by atoms with Gasteiger partial charge in [-0.25, -0.2) is 9.97 Å². The van der Waals surface area contributed by atoms with E-state index in [9.17, 15) is 9.59 Å². The number of amides is 2. The minimum Gasteiger partial charge on any atom is -0.480 e. The van der Waals surface area contributed by atoms with Gasteiger partial charge in [-0.3, -0.25) is 19.6 Å². The van der Waals surface area contributed by atoms with Crippen molar-refractivity contribution < 1.29 is 19.1 Å². The molecule has 2 amide bonds. The molecular formula is C38H44Cl2N8O4. The topological polar surface area (TPSA) is 180 Å². The lowest BCUT2D eigenvalue weighted by Crippen LogP contribution is -2.27. The van der Waals surface area contributed by atoms with Gasteiger partial charge < -0.3 is 31.6 Å². The number of nitrogens with zero attached hydrogens (tertiary/aromatic N) is 4. The maximum Gasteiger partial charge on any atom is 0.237 e. The molecule has 2 aliphatic carbocycles. The van der Waals surface area contributed by atoms with E-state index in [0.717, 1.165) is 49.7 Å². The molecule has 0 spiro atoms. The first kappa shape index (κ1) is 37.4. The SMILES string of the molecule is COc1nc(-c2cccc(-c3cccc(-c4cnc(CN[C@@H]5CC[C@H](CC(N)=O)C5)c(OC)n4)c3Cl)c2Cl)cnc1CN[C@@H]1CC[C@H](CC(N)=O)C1. The number of nitrogens with one attached hydrogen (secondary N) is 2. The Hall–Kier alpha value is -4.36. The van der Waals surface area contributed by atoms with Crippen LogP contribution in [-0.2, 0) is 22.7 Å². The van der Waals surface area contributed by atoms with Crippen molar-refractivity contribution in [3.8, 4) is 45.4 Å². The number of primary amides is 2. The van der Waals surface area contributed by atoms with Gasteiger partial charge in [0.25, 0.3) is 0 Å². The van der Waals surface area contributed by atoms with Crippen LogP contribution in [0.3, 0.4) is 0 Å². The molecule has 274 valence electrons. The number of methoxy groups -OCH3 is 2. The number of hydrogen-bond donors (Lipinski definition) is 4. The Morgan fingerprint density at radius 1 is 0.692 bits per heavy atom. The highest BCUT2D eigenvalue weighted by Gasteiger charge is 2.27. The standard InChI is InChI=1S/C38H44Cl2N8O4/c1-51-37-31(19-43-23-11-9-21(13-23)15-33(41)49)45-17-29(47-37)27-7-3-5-25(35(27)39)26-6-4-8-28(36(26)40)30-18-46-32(38(48-30)52-2)20-44-24-12-10-22(14-24)16-34(42)50/h3-8,17-18,21-24,43-44H,9-16,19-20H2,1-2H3,(H2,41,49)(H2,42,50)/t21-,22-,23+,24+/m0/s1. The number of aromatic nitrogens is 4. The molecule has 2 saturated carbocycles. The van der Waals surface area contributed by atoms with E-state index in [-0.39, 0.29) is 23.9 Å². The Morgan fingerprint density at radius 3 is 1.48 bits per heavy atom. The molecule has 2 fully saturated rings. The molecule has 4 aromatic rings. The molecule has 0 radical (unpaired) electrons. The van der Waals surface area contributed by atoms with Crippen molar-refractivity contribution in [2.45, 2.75) is 76.5 Å². The van der Waals surface area contributed by atoms with Gasteiger partial charge in [-0.05, 0) is 50.4 Å². The molecule has 2 aromatic carbocycles. The molecule has 2 aromatic heterocycles. The summed E-state index contributed by atoms with van der Waals surface area (Å²) in [5.41, 5.74) is 16.1. The minimum absolute atomic E-state index is 0.255. The van der Waals surface area contributed by atoms with Crippen LogP contribution < -0.4 is 31.6 Å². The summed E-state index contributed by atoms with van der Waals surface area (Å²) in [6, 6.07) is 11.9. The molecule has 6 N–H and O–H groups in total. The lowest BCUT2D eigenvalue weighted by molar-refractivity contribution is -0.119. The van der Waals surface area contributed by atoms with Gasteiger partial charge in [0.2, 0.25) is 23.6 Å². The van der Waals surface area contributed by atoms with Crippen LogP contribution in [0.25, 0.3) is 33.6 Å². The van der Waals surface area contributed by atoms with Gasteiger partial charge in [0.05, 0.1) is 48.0 Å². The first-order valence-corrected chi connectivity index (χ1v) is 18.3. The third-order valence-corrected chi connectivity index (χ3v) is 10.8. The number of carbonyl (C=O) groups is 2. The van der Waals surface area contributed by atoms with Gasteiger partial charge in [-0.1, -0.05) is 59.6 Å².